The van der Waals surface area contributed by atoms with E-state index in [2.05, 4.69) is 15.8 Å². The van der Waals surface area contributed by atoms with Gasteiger partial charge in [-0.05, 0) is 51.5 Å². The van der Waals surface area contributed by atoms with Crippen molar-refractivity contribution in [2.75, 3.05) is 11.9 Å². The number of aryl methyl sites for hydroxylation is 3. The molecule has 0 atom stereocenters. The van der Waals surface area contributed by atoms with Gasteiger partial charge in [0.1, 0.15) is 5.76 Å². The van der Waals surface area contributed by atoms with E-state index < -0.39 is 0 Å². The van der Waals surface area contributed by atoms with Gasteiger partial charge in [-0.1, -0.05) is 5.16 Å². The lowest BCUT2D eigenvalue weighted by atomic mass is 10.1. The molecule has 21 heavy (non-hydrogen) atoms. The third-order valence-electron chi connectivity index (χ3n) is 3.46. The fourth-order valence-corrected chi connectivity index (χ4v) is 2.20. The number of nitrogens with zero attached hydrogens (tertiary/aromatic N) is 1. The molecule has 0 saturated carbocycles. The molecular weight excluding hydrogens is 266 g/mol. The molecule has 1 amide bonds. The Balaban J connectivity index is 2.09. The maximum Gasteiger partial charge on any atom is 0.251 e. The predicted octanol–water partition coefficient (Wildman–Crippen LogP) is 2.96. The summed E-state index contributed by atoms with van der Waals surface area (Å²) in [6, 6.07) is 5.65. The van der Waals surface area contributed by atoms with E-state index in [1.54, 1.807) is 0 Å². The summed E-state index contributed by atoms with van der Waals surface area (Å²) in [5.41, 5.74) is 4.68. The van der Waals surface area contributed by atoms with Gasteiger partial charge < -0.3 is 15.2 Å². The summed E-state index contributed by atoms with van der Waals surface area (Å²) >= 11 is 0. The molecule has 112 valence electrons. The molecule has 5 nitrogen and oxygen atoms in total. The number of amides is 1. The van der Waals surface area contributed by atoms with Gasteiger partial charge in [0.15, 0.2) is 0 Å². The molecule has 0 saturated heterocycles. The van der Waals surface area contributed by atoms with Crippen LogP contribution in [0.2, 0.25) is 0 Å². The van der Waals surface area contributed by atoms with Gasteiger partial charge in [-0.3, -0.25) is 4.79 Å². The molecule has 2 rings (SSSR count). The van der Waals surface area contributed by atoms with Crippen LogP contribution in [0.3, 0.4) is 0 Å². The number of hydrogen-bond donors (Lipinski definition) is 2. The normalized spacial score (nSPS) is 10.5. The van der Waals surface area contributed by atoms with E-state index in [4.69, 9.17) is 4.52 Å². The fraction of sp³-hybridized carbons (Fsp3) is 0.375. The van der Waals surface area contributed by atoms with E-state index >= 15 is 0 Å². The molecular formula is C16H21N3O2. The smallest absolute Gasteiger partial charge is 0.251 e. The van der Waals surface area contributed by atoms with Crippen molar-refractivity contribution in [3.05, 3.63) is 46.3 Å². The van der Waals surface area contributed by atoms with Gasteiger partial charge >= 0.3 is 0 Å². The monoisotopic (exact) mass is 287 g/mol. The van der Waals surface area contributed by atoms with Crippen molar-refractivity contribution >= 4 is 11.6 Å². The molecule has 0 fully saturated rings. The Morgan fingerprint density at radius 1 is 1.29 bits per heavy atom. The van der Waals surface area contributed by atoms with Crippen LogP contribution in [0.4, 0.5) is 5.69 Å². The Morgan fingerprint density at radius 3 is 2.62 bits per heavy atom. The molecule has 1 aromatic carbocycles. The standard InChI is InChI=1S/C16H21N3O2/c1-5-17-16(20)13-6-7-15(10(2)8-13)18-9-14-11(3)19-21-12(14)4/h6-8,18H,5,9H2,1-4H3,(H,17,20). The van der Waals surface area contributed by atoms with Gasteiger partial charge in [0.05, 0.1) is 5.69 Å². The quantitative estimate of drug-likeness (QED) is 0.887. The van der Waals surface area contributed by atoms with E-state index in [1.165, 1.54) is 0 Å². The molecule has 2 N–H and O–H groups in total. The van der Waals surface area contributed by atoms with E-state index in [1.807, 2.05) is 45.9 Å². The number of anilines is 1. The second-order valence-electron chi connectivity index (χ2n) is 5.05. The number of hydrogen-bond acceptors (Lipinski definition) is 4. The maximum atomic E-state index is 11.8. The molecule has 0 aliphatic carbocycles. The molecule has 5 heteroatoms. The molecule has 0 spiro atoms. The highest BCUT2D eigenvalue weighted by Gasteiger charge is 2.10. The van der Waals surface area contributed by atoms with Gasteiger partial charge in [0, 0.05) is 29.9 Å². The molecule has 0 bridgehead atoms. The lowest BCUT2D eigenvalue weighted by Gasteiger charge is -2.11. The highest BCUT2D eigenvalue weighted by Crippen LogP contribution is 2.19. The lowest BCUT2D eigenvalue weighted by molar-refractivity contribution is 0.0956. The number of carbonyl (C=O) groups is 1. The van der Waals surface area contributed by atoms with Gasteiger partial charge in [-0.2, -0.15) is 0 Å². The predicted molar refractivity (Wildman–Crippen MR) is 82.5 cm³/mol. The Kier molecular flexibility index (Phi) is 4.62. The molecule has 1 heterocycles. The largest absolute Gasteiger partial charge is 0.381 e. The first-order valence-electron chi connectivity index (χ1n) is 7.07. The average Bonchev–Trinajstić information content (AvgIpc) is 2.77. The van der Waals surface area contributed by atoms with Crippen LogP contribution in [0.1, 0.15) is 39.9 Å². The van der Waals surface area contributed by atoms with Crippen molar-refractivity contribution < 1.29 is 9.32 Å². The van der Waals surface area contributed by atoms with Crippen molar-refractivity contribution in [2.45, 2.75) is 34.2 Å². The Bertz CT molecular complexity index is 627. The van der Waals surface area contributed by atoms with E-state index in [9.17, 15) is 4.79 Å². The summed E-state index contributed by atoms with van der Waals surface area (Å²) in [5, 5.41) is 10.1. The summed E-state index contributed by atoms with van der Waals surface area (Å²) < 4.78 is 5.15. The van der Waals surface area contributed by atoms with Crippen LogP contribution in [-0.4, -0.2) is 17.6 Å². The van der Waals surface area contributed by atoms with Gasteiger partial charge in [0.25, 0.3) is 5.91 Å². The fourth-order valence-electron chi connectivity index (χ4n) is 2.20. The van der Waals surface area contributed by atoms with E-state index in [0.717, 1.165) is 28.3 Å². The topological polar surface area (TPSA) is 67.2 Å². The van der Waals surface area contributed by atoms with Crippen molar-refractivity contribution in [1.82, 2.24) is 10.5 Å². The molecule has 0 aliphatic heterocycles. The maximum absolute atomic E-state index is 11.8. The molecule has 0 unspecified atom stereocenters. The summed E-state index contributed by atoms with van der Waals surface area (Å²) in [7, 11) is 0. The number of aromatic nitrogens is 1. The van der Waals surface area contributed by atoms with Crippen LogP contribution in [0, 0.1) is 20.8 Å². The van der Waals surface area contributed by atoms with Gasteiger partial charge in [-0.25, -0.2) is 0 Å². The second-order valence-corrected chi connectivity index (χ2v) is 5.05. The van der Waals surface area contributed by atoms with Crippen molar-refractivity contribution in [3.8, 4) is 0 Å². The molecule has 0 radical (unpaired) electrons. The molecule has 1 aromatic heterocycles. The van der Waals surface area contributed by atoms with Crippen molar-refractivity contribution in [1.29, 1.82) is 0 Å². The Morgan fingerprint density at radius 2 is 2.05 bits per heavy atom. The average molecular weight is 287 g/mol. The van der Waals surface area contributed by atoms with Crippen LogP contribution < -0.4 is 10.6 Å². The van der Waals surface area contributed by atoms with Crippen LogP contribution in [0.5, 0.6) is 0 Å². The van der Waals surface area contributed by atoms with E-state index in [-0.39, 0.29) is 5.91 Å². The SMILES string of the molecule is CCNC(=O)c1ccc(NCc2c(C)noc2C)c(C)c1. The van der Waals surface area contributed by atoms with Crippen LogP contribution in [0.25, 0.3) is 0 Å². The van der Waals surface area contributed by atoms with Gasteiger partial charge in [-0.15, -0.1) is 0 Å². The number of carbonyl (C=O) groups excluding carboxylic acids is 1. The highest BCUT2D eigenvalue weighted by atomic mass is 16.5. The second kappa shape index (κ2) is 6.43. The minimum atomic E-state index is -0.0436. The first-order valence-corrected chi connectivity index (χ1v) is 7.07. The third-order valence-corrected chi connectivity index (χ3v) is 3.46. The molecule has 2 aromatic rings. The summed E-state index contributed by atoms with van der Waals surface area (Å²) in [4.78, 5) is 11.8. The number of rotatable bonds is 5. The number of benzene rings is 1. The van der Waals surface area contributed by atoms with Crippen LogP contribution >= 0.6 is 0 Å². The zero-order chi connectivity index (χ0) is 15.4. The zero-order valence-corrected chi connectivity index (χ0v) is 12.9. The van der Waals surface area contributed by atoms with Crippen molar-refractivity contribution in [3.63, 3.8) is 0 Å². The zero-order valence-electron chi connectivity index (χ0n) is 12.9. The third kappa shape index (κ3) is 3.42. The lowest BCUT2D eigenvalue weighted by Crippen LogP contribution is -2.22. The first-order chi connectivity index (χ1) is 10.0. The first kappa shape index (κ1) is 15.1. The summed E-state index contributed by atoms with van der Waals surface area (Å²) in [5.74, 6) is 0.787. The van der Waals surface area contributed by atoms with Crippen molar-refractivity contribution in [2.24, 2.45) is 0 Å². The summed E-state index contributed by atoms with van der Waals surface area (Å²) in [6.07, 6.45) is 0. The Hall–Kier alpha value is -2.30. The molecule has 0 aliphatic rings. The minimum Gasteiger partial charge on any atom is -0.381 e. The van der Waals surface area contributed by atoms with Crippen LogP contribution in [0.15, 0.2) is 22.7 Å². The number of nitrogens with one attached hydrogen (secondary N) is 2. The van der Waals surface area contributed by atoms with Crippen LogP contribution in [-0.2, 0) is 6.54 Å². The highest BCUT2D eigenvalue weighted by molar-refractivity contribution is 5.94. The minimum absolute atomic E-state index is 0.0436. The van der Waals surface area contributed by atoms with E-state index in [0.29, 0.717) is 18.7 Å². The summed E-state index contributed by atoms with van der Waals surface area (Å²) in [6.45, 7) is 9.01. The van der Waals surface area contributed by atoms with Gasteiger partial charge in [0.2, 0.25) is 0 Å². The Labute approximate surface area is 124 Å².